The predicted molar refractivity (Wildman–Crippen MR) is 282 cm³/mol. The summed E-state index contributed by atoms with van der Waals surface area (Å²) in [4.78, 5) is 26.4. The molecule has 69 heavy (non-hydrogen) atoms. The lowest BCUT2D eigenvalue weighted by molar-refractivity contribution is -0.305. The minimum Gasteiger partial charge on any atom is -0.454 e. The molecule has 1 saturated heterocycles. The fraction of sp³-hybridized carbons (Fsp3) is 0.724. The summed E-state index contributed by atoms with van der Waals surface area (Å²) in [5, 5.41) is 56.6. The van der Waals surface area contributed by atoms with Gasteiger partial charge in [0.1, 0.15) is 24.4 Å². The van der Waals surface area contributed by atoms with Gasteiger partial charge < -0.3 is 45.1 Å². The molecule has 0 aromatic carbocycles. The Hall–Kier alpha value is -3.16. The number of hydrogen-bond acceptors (Lipinski definition) is 10. The van der Waals surface area contributed by atoms with E-state index in [-0.39, 0.29) is 19.4 Å². The summed E-state index contributed by atoms with van der Waals surface area (Å²) in [7, 11) is 0. The van der Waals surface area contributed by atoms with E-state index in [2.05, 4.69) is 44.3 Å². The van der Waals surface area contributed by atoms with E-state index in [9.17, 15) is 35.1 Å². The molecule has 0 radical (unpaired) electrons. The van der Waals surface area contributed by atoms with Crippen molar-refractivity contribution in [2.24, 2.45) is 0 Å². The normalized spacial score (nSPS) is 20.5. The lowest BCUT2D eigenvalue weighted by atomic mass is 9.99. The van der Waals surface area contributed by atoms with E-state index in [1.807, 2.05) is 60.8 Å². The van der Waals surface area contributed by atoms with Crippen LogP contribution >= 0.6 is 0 Å². The van der Waals surface area contributed by atoms with Crippen LogP contribution < -0.4 is 5.32 Å². The minimum absolute atomic E-state index is 0.109. The number of allylic oxidation sites excluding steroid dienone is 13. The third kappa shape index (κ3) is 34.7. The van der Waals surface area contributed by atoms with Crippen molar-refractivity contribution >= 4 is 11.9 Å². The molecule has 0 aromatic heterocycles. The zero-order valence-corrected chi connectivity index (χ0v) is 43.4. The molecule has 0 bridgehead atoms. The maximum absolute atomic E-state index is 13.3. The first-order valence-electron chi connectivity index (χ1n) is 27.4. The molecule has 1 fully saturated rings. The van der Waals surface area contributed by atoms with E-state index in [4.69, 9.17) is 14.2 Å². The van der Waals surface area contributed by atoms with Crippen molar-refractivity contribution in [2.75, 3.05) is 13.2 Å². The Morgan fingerprint density at radius 3 is 1.62 bits per heavy atom. The molecule has 0 aliphatic carbocycles. The Morgan fingerprint density at radius 1 is 0.580 bits per heavy atom. The lowest BCUT2D eigenvalue weighted by Gasteiger charge is -2.41. The van der Waals surface area contributed by atoms with Crippen molar-refractivity contribution < 1.29 is 49.3 Å². The molecule has 11 nitrogen and oxygen atoms in total. The van der Waals surface area contributed by atoms with Crippen molar-refractivity contribution in [3.8, 4) is 0 Å². The van der Waals surface area contributed by atoms with Gasteiger partial charge in [0, 0.05) is 6.42 Å². The predicted octanol–water partition coefficient (Wildman–Crippen LogP) is 11.8. The Kier molecular flexibility index (Phi) is 42.5. The number of rotatable bonds is 44. The number of hydrogen-bond donors (Lipinski definition) is 6. The number of amides is 1. The van der Waals surface area contributed by atoms with E-state index in [0.29, 0.717) is 12.8 Å². The van der Waals surface area contributed by atoms with Gasteiger partial charge in [0.2, 0.25) is 5.91 Å². The molecule has 1 amide bonds. The van der Waals surface area contributed by atoms with Gasteiger partial charge in [-0.15, -0.1) is 0 Å². The number of carbonyl (C=O) groups is 2. The van der Waals surface area contributed by atoms with Crippen LogP contribution in [0, 0.1) is 0 Å². The molecule has 1 heterocycles. The number of carbonyl (C=O) groups excluding carboxylic acids is 2. The number of unbranched alkanes of at least 4 members (excludes halogenated alkanes) is 22. The molecule has 396 valence electrons. The number of aliphatic hydroxyl groups excluding tert-OH is 5. The van der Waals surface area contributed by atoms with Gasteiger partial charge in [0.25, 0.3) is 0 Å². The zero-order chi connectivity index (χ0) is 50.4. The van der Waals surface area contributed by atoms with Gasteiger partial charge in [-0.2, -0.15) is 0 Å². The van der Waals surface area contributed by atoms with Gasteiger partial charge in [0.15, 0.2) is 12.4 Å². The highest BCUT2D eigenvalue weighted by Gasteiger charge is 2.47. The van der Waals surface area contributed by atoms with Gasteiger partial charge in [-0.05, 0) is 70.6 Å². The molecule has 0 spiro atoms. The number of nitrogens with one attached hydrogen (secondary N) is 1. The summed E-state index contributed by atoms with van der Waals surface area (Å²) in [5.74, 6) is -1.25. The van der Waals surface area contributed by atoms with Crippen LogP contribution in [-0.4, -0.2) is 99.6 Å². The third-order valence-corrected chi connectivity index (χ3v) is 12.4. The van der Waals surface area contributed by atoms with E-state index in [1.165, 1.54) is 83.5 Å². The van der Waals surface area contributed by atoms with Crippen LogP contribution in [0.15, 0.2) is 85.1 Å². The first kappa shape index (κ1) is 63.9. The minimum atomic E-state index is -1.63. The first-order valence-corrected chi connectivity index (χ1v) is 27.4. The molecule has 11 heteroatoms. The average Bonchev–Trinajstić information content (AvgIpc) is 3.34. The van der Waals surface area contributed by atoms with Crippen molar-refractivity contribution in [1.82, 2.24) is 5.32 Å². The van der Waals surface area contributed by atoms with Gasteiger partial charge in [-0.1, -0.05) is 215 Å². The van der Waals surface area contributed by atoms with Crippen molar-refractivity contribution in [3.05, 3.63) is 85.1 Å². The average molecular weight is 970 g/mol. The Labute approximate surface area is 419 Å². The van der Waals surface area contributed by atoms with Gasteiger partial charge >= 0.3 is 5.97 Å². The molecule has 0 aromatic rings. The highest BCUT2D eigenvalue weighted by atomic mass is 16.7. The quantitative estimate of drug-likeness (QED) is 0.0149. The van der Waals surface area contributed by atoms with Crippen LogP contribution in [0.5, 0.6) is 0 Å². The molecule has 1 aliphatic rings. The van der Waals surface area contributed by atoms with Crippen molar-refractivity contribution in [2.45, 2.75) is 256 Å². The smallest absolute Gasteiger partial charge is 0.306 e. The maximum atomic E-state index is 13.3. The van der Waals surface area contributed by atoms with Crippen LogP contribution in [-0.2, 0) is 23.8 Å². The second kappa shape index (κ2) is 45.9. The van der Waals surface area contributed by atoms with E-state index >= 15 is 0 Å². The van der Waals surface area contributed by atoms with Crippen LogP contribution in [0.1, 0.15) is 207 Å². The van der Waals surface area contributed by atoms with Gasteiger partial charge in [0.05, 0.1) is 25.4 Å². The summed E-state index contributed by atoms with van der Waals surface area (Å²) >= 11 is 0. The van der Waals surface area contributed by atoms with Gasteiger partial charge in [-0.25, -0.2) is 0 Å². The van der Waals surface area contributed by atoms with E-state index < -0.39 is 67.4 Å². The van der Waals surface area contributed by atoms with E-state index in [1.54, 1.807) is 6.08 Å². The fourth-order valence-corrected chi connectivity index (χ4v) is 8.02. The fourth-order valence-electron chi connectivity index (χ4n) is 8.02. The lowest BCUT2D eigenvalue weighted by Crippen LogP contribution is -2.61. The number of esters is 1. The molecule has 8 unspecified atom stereocenters. The summed E-state index contributed by atoms with van der Waals surface area (Å²) in [6.45, 7) is 5.56. The molecular weight excluding hydrogens is 871 g/mol. The second-order valence-corrected chi connectivity index (χ2v) is 18.7. The third-order valence-electron chi connectivity index (χ3n) is 12.4. The van der Waals surface area contributed by atoms with Crippen LogP contribution in [0.25, 0.3) is 0 Å². The van der Waals surface area contributed by atoms with Crippen molar-refractivity contribution in [1.29, 1.82) is 0 Å². The van der Waals surface area contributed by atoms with Gasteiger partial charge in [-0.3, -0.25) is 9.59 Å². The van der Waals surface area contributed by atoms with Crippen molar-refractivity contribution in [3.63, 3.8) is 0 Å². The number of ether oxygens (including phenoxy) is 3. The molecule has 6 N–H and O–H groups in total. The maximum Gasteiger partial charge on any atom is 0.306 e. The Bertz CT molecular complexity index is 1440. The monoisotopic (exact) mass is 970 g/mol. The zero-order valence-electron chi connectivity index (χ0n) is 43.4. The topological polar surface area (TPSA) is 175 Å². The largest absolute Gasteiger partial charge is 0.454 e. The SMILES string of the molecule is CC/C=C/C=C/C=C\C=C/C=C/CCCCC(O)C(=O)NC(COC1OC(CO)C(O)C(O)C1OC(=O)CCCCCCCCC/C=C\CCCCCC)C(O)/C=C/CCCCCCCCCCC. The summed E-state index contributed by atoms with van der Waals surface area (Å²) in [5.41, 5.74) is 0. The second-order valence-electron chi connectivity index (χ2n) is 18.7. The Balaban J connectivity index is 2.79. The highest BCUT2D eigenvalue weighted by Crippen LogP contribution is 2.26. The van der Waals surface area contributed by atoms with Crippen LogP contribution in [0.3, 0.4) is 0 Å². The molecule has 1 rings (SSSR count). The number of aliphatic hydroxyl groups is 5. The van der Waals surface area contributed by atoms with E-state index in [0.717, 1.165) is 77.0 Å². The summed E-state index contributed by atoms with van der Waals surface area (Å²) in [6.07, 6.45) is 47.7. The highest BCUT2D eigenvalue weighted by molar-refractivity contribution is 5.80. The molecule has 8 atom stereocenters. The van der Waals surface area contributed by atoms with Crippen LogP contribution in [0.2, 0.25) is 0 Å². The first-order chi connectivity index (χ1) is 33.7. The molecular formula is C58H99NO10. The summed E-state index contributed by atoms with van der Waals surface area (Å²) in [6, 6.07) is -1.05. The summed E-state index contributed by atoms with van der Waals surface area (Å²) < 4.78 is 17.5. The van der Waals surface area contributed by atoms with Crippen LogP contribution in [0.4, 0.5) is 0 Å². The Morgan fingerprint density at radius 2 is 1.06 bits per heavy atom. The molecule has 1 aliphatic heterocycles. The standard InChI is InChI=1S/C58H99NO10/c1-4-7-10-13-16-19-22-24-26-28-31-34-37-40-43-46-53(63)69-56-55(65)54(64)52(47-60)68-58(56)67-48-49(50(61)44-41-38-35-32-29-21-18-15-12-9-6-3)59-57(66)51(62)45-42-39-36-33-30-27-25-23-20-17-14-11-8-5-2/h8,11,14,17,19-20,22-23,25,27,30,33,41,44,49-52,54-56,58,60-62,64-65H,4-7,9-10,12-13,15-16,18,21,24,26,28-29,31-32,34-40,42-43,45-48H2,1-3H3,(H,59,66)/b11-8+,17-14+,22-19-,23-20-,27-25-,33-30+,44-41+. The molecule has 0 saturated carbocycles.